The highest BCUT2D eigenvalue weighted by atomic mass is 32.1. The summed E-state index contributed by atoms with van der Waals surface area (Å²) in [6, 6.07) is 16.6. The van der Waals surface area contributed by atoms with Gasteiger partial charge in [-0.15, -0.1) is 27.8 Å². The maximum atomic E-state index is 13.6. The van der Waals surface area contributed by atoms with Crippen LogP contribution in [0, 0.1) is 0 Å². The third-order valence-electron chi connectivity index (χ3n) is 6.08. The van der Waals surface area contributed by atoms with Gasteiger partial charge in [0.2, 0.25) is 0 Å². The number of rotatable bonds is 7. The highest BCUT2D eigenvalue weighted by Gasteiger charge is 2.34. The smallest absolute Gasteiger partial charge is 0.416 e. The van der Waals surface area contributed by atoms with Crippen molar-refractivity contribution in [2.75, 3.05) is 5.32 Å². The number of carboxylic acid groups (broad SMARTS) is 1. The fourth-order valence-electron chi connectivity index (χ4n) is 4.15. The van der Waals surface area contributed by atoms with Crippen molar-refractivity contribution in [3.63, 3.8) is 0 Å². The molecule has 0 aliphatic rings. The number of amides is 1. The normalized spacial score (nSPS) is 12.4. The third-order valence-corrected chi connectivity index (χ3v) is 8.43. The van der Waals surface area contributed by atoms with Crippen LogP contribution >= 0.6 is 22.7 Å². The molecule has 2 N–H and O–H groups in total. The molecular formula is C27H21F3N4O4S2. The molecule has 2 aromatic carbocycles. The Bertz CT molecular complexity index is 1680. The number of hydrogen-bond donors (Lipinski definition) is 2. The summed E-state index contributed by atoms with van der Waals surface area (Å²) in [5.74, 6) is -0.998. The highest BCUT2D eigenvalue weighted by Crippen LogP contribution is 2.44. The molecule has 0 aliphatic heterocycles. The molecule has 0 bridgehead atoms. The van der Waals surface area contributed by atoms with E-state index in [1.165, 1.54) is 39.5 Å². The van der Waals surface area contributed by atoms with E-state index in [1.807, 2.05) is 36.4 Å². The Labute approximate surface area is 233 Å². The van der Waals surface area contributed by atoms with Crippen LogP contribution in [0.1, 0.15) is 29.7 Å². The second-order valence-electron chi connectivity index (χ2n) is 8.88. The standard InChI is InChI=1S/C27H21F3N4O4S2/c1-14(15-6-4-3-5-7-15)38-26(37)31-25-24(32-33-34(25)2)22-13-21-20(40-22)12-19(39-21)17-9-8-16(11-23(35)36)18(10-17)27(28,29)30/h3-10,12-14H,11H2,1-2H3,(H,31,37)(H,35,36)/t14-/m1/s1. The zero-order valence-corrected chi connectivity index (χ0v) is 22.7. The second-order valence-corrected chi connectivity index (χ2v) is 11.1. The van der Waals surface area contributed by atoms with Crippen molar-refractivity contribution in [1.29, 1.82) is 0 Å². The van der Waals surface area contributed by atoms with Gasteiger partial charge in [0.05, 0.1) is 16.9 Å². The lowest BCUT2D eigenvalue weighted by atomic mass is 10.0. The van der Waals surface area contributed by atoms with Crippen LogP contribution in [-0.2, 0) is 29.2 Å². The third kappa shape index (κ3) is 5.70. The van der Waals surface area contributed by atoms with Gasteiger partial charge in [0.15, 0.2) is 5.82 Å². The van der Waals surface area contributed by atoms with Gasteiger partial charge in [-0.1, -0.05) is 47.7 Å². The Morgan fingerprint density at radius 2 is 1.73 bits per heavy atom. The van der Waals surface area contributed by atoms with Gasteiger partial charge < -0.3 is 9.84 Å². The molecule has 0 unspecified atom stereocenters. The van der Waals surface area contributed by atoms with Crippen molar-refractivity contribution in [3.05, 3.63) is 77.4 Å². The summed E-state index contributed by atoms with van der Waals surface area (Å²) in [5, 5.41) is 19.9. The topological polar surface area (TPSA) is 106 Å². The van der Waals surface area contributed by atoms with Gasteiger partial charge in [-0.25, -0.2) is 9.48 Å². The van der Waals surface area contributed by atoms with Gasteiger partial charge in [-0.3, -0.25) is 10.1 Å². The molecule has 13 heteroatoms. The van der Waals surface area contributed by atoms with Gasteiger partial charge >= 0.3 is 18.2 Å². The van der Waals surface area contributed by atoms with Gasteiger partial charge in [0.1, 0.15) is 11.8 Å². The summed E-state index contributed by atoms with van der Waals surface area (Å²) in [5.41, 5.74) is 0.360. The van der Waals surface area contributed by atoms with Crippen LogP contribution in [0.25, 0.3) is 30.4 Å². The monoisotopic (exact) mass is 586 g/mol. The first kappa shape index (κ1) is 27.3. The molecule has 40 heavy (non-hydrogen) atoms. The lowest BCUT2D eigenvalue weighted by Gasteiger charge is -2.14. The molecule has 206 valence electrons. The van der Waals surface area contributed by atoms with Gasteiger partial charge in [-0.2, -0.15) is 13.2 Å². The van der Waals surface area contributed by atoms with Crippen LogP contribution < -0.4 is 5.32 Å². The molecular weight excluding hydrogens is 565 g/mol. The number of halogens is 3. The fraction of sp³-hybridized carbons (Fsp3) is 0.185. The summed E-state index contributed by atoms with van der Waals surface area (Å²) in [4.78, 5) is 25.0. The average molecular weight is 587 g/mol. The van der Waals surface area contributed by atoms with Crippen LogP contribution in [0.2, 0.25) is 0 Å². The lowest BCUT2D eigenvalue weighted by Crippen LogP contribution is -2.18. The van der Waals surface area contributed by atoms with E-state index in [0.717, 1.165) is 21.0 Å². The van der Waals surface area contributed by atoms with Crippen molar-refractivity contribution in [1.82, 2.24) is 15.0 Å². The van der Waals surface area contributed by atoms with Crippen LogP contribution in [0.15, 0.2) is 60.7 Å². The quantitative estimate of drug-likeness (QED) is 0.206. The molecule has 1 atom stereocenters. The van der Waals surface area contributed by atoms with E-state index >= 15 is 0 Å². The first-order valence-electron chi connectivity index (χ1n) is 11.9. The number of hydrogen-bond acceptors (Lipinski definition) is 7. The van der Waals surface area contributed by atoms with Crippen LogP contribution in [-0.4, -0.2) is 32.2 Å². The van der Waals surface area contributed by atoms with Crippen molar-refractivity contribution in [2.24, 2.45) is 7.05 Å². The van der Waals surface area contributed by atoms with Crippen molar-refractivity contribution >= 4 is 50.0 Å². The van der Waals surface area contributed by atoms with Crippen molar-refractivity contribution in [3.8, 4) is 21.0 Å². The SMILES string of the molecule is C[C@@H](OC(=O)Nc1c(-c2cc3sc(-c4ccc(CC(=O)O)c(C(F)(F)F)c4)cc3s2)nnn1C)c1ccccc1. The molecule has 0 aliphatic carbocycles. The van der Waals surface area contributed by atoms with Crippen LogP contribution in [0.3, 0.4) is 0 Å². The fourth-order valence-corrected chi connectivity index (χ4v) is 6.53. The summed E-state index contributed by atoms with van der Waals surface area (Å²) >= 11 is 2.65. The van der Waals surface area contributed by atoms with E-state index in [0.29, 0.717) is 26.8 Å². The minimum atomic E-state index is -4.68. The summed E-state index contributed by atoms with van der Waals surface area (Å²) in [7, 11) is 1.63. The molecule has 0 fully saturated rings. The zero-order chi connectivity index (χ0) is 28.6. The Morgan fingerprint density at radius 3 is 2.40 bits per heavy atom. The number of aromatic nitrogens is 3. The van der Waals surface area contributed by atoms with Gasteiger partial charge in [0.25, 0.3) is 0 Å². The summed E-state index contributed by atoms with van der Waals surface area (Å²) in [6.45, 7) is 1.76. The number of carbonyl (C=O) groups excluding carboxylic acids is 1. The number of thiophene rings is 2. The second kappa shape index (κ2) is 10.7. The molecule has 1 amide bonds. The molecule has 0 spiro atoms. The first-order valence-corrected chi connectivity index (χ1v) is 13.5. The largest absolute Gasteiger partial charge is 0.481 e. The Balaban J connectivity index is 1.39. The van der Waals surface area contributed by atoms with E-state index in [9.17, 15) is 22.8 Å². The number of carbonyl (C=O) groups is 2. The number of carboxylic acids is 1. The molecule has 5 rings (SSSR count). The summed E-state index contributed by atoms with van der Waals surface area (Å²) < 4.78 is 49.4. The van der Waals surface area contributed by atoms with E-state index in [4.69, 9.17) is 9.84 Å². The maximum Gasteiger partial charge on any atom is 0.416 e. The highest BCUT2D eigenvalue weighted by molar-refractivity contribution is 7.31. The maximum absolute atomic E-state index is 13.6. The van der Waals surface area contributed by atoms with Gasteiger partial charge in [-0.05, 0) is 41.8 Å². The number of nitrogens with one attached hydrogen (secondary N) is 1. The lowest BCUT2D eigenvalue weighted by molar-refractivity contribution is -0.139. The van der Waals surface area contributed by atoms with E-state index in [-0.39, 0.29) is 5.56 Å². The zero-order valence-electron chi connectivity index (χ0n) is 21.0. The number of anilines is 1. The van der Waals surface area contributed by atoms with Crippen molar-refractivity contribution in [2.45, 2.75) is 25.6 Å². The molecule has 8 nitrogen and oxygen atoms in total. The van der Waals surface area contributed by atoms with E-state index in [1.54, 1.807) is 20.0 Å². The van der Waals surface area contributed by atoms with Crippen molar-refractivity contribution < 1.29 is 32.6 Å². The van der Waals surface area contributed by atoms with E-state index in [2.05, 4.69) is 15.6 Å². The molecule has 0 saturated carbocycles. The molecule has 0 radical (unpaired) electrons. The molecule has 5 aromatic rings. The number of nitrogens with zero attached hydrogens (tertiary/aromatic N) is 3. The number of fused-ring (bicyclic) bond motifs is 1. The average Bonchev–Trinajstić information content (AvgIpc) is 3.57. The Morgan fingerprint density at radius 1 is 1.05 bits per heavy atom. The molecule has 3 heterocycles. The number of aryl methyl sites for hydroxylation is 1. The minimum Gasteiger partial charge on any atom is -0.481 e. The first-order chi connectivity index (χ1) is 19.0. The van der Waals surface area contributed by atoms with Crippen LogP contribution in [0.4, 0.5) is 23.8 Å². The number of alkyl halides is 3. The van der Waals surface area contributed by atoms with Crippen LogP contribution in [0.5, 0.6) is 0 Å². The predicted octanol–water partition coefficient (Wildman–Crippen LogP) is 7.38. The van der Waals surface area contributed by atoms with E-state index < -0.39 is 36.3 Å². The molecule has 3 aromatic heterocycles. The summed E-state index contributed by atoms with van der Waals surface area (Å²) in [6.07, 6.45) is -6.55. The Kier molecular flexibility index (Phi) is 7.34. The van der Waals surface area contributed by atoms with Gasteiger partial charge in [0, 0.05) is 21.3 Å². The number of ether oxygens (including phenoxy) is 1. The molecule has 0 saturated heterocycles. The number of aliphatic carboxylic acids is 1. The number of benzene rings is 2. The Hall–Kier alpha value is -4.23. The predicted molar refractivity (Wildman–Crippen MR) is 146 cm³/mol. The minimum absolute atomic E-state index is 0.288.